The molecule has 0 unspecified atom stereocenters. The first-order valence-electron chi connectivity index (χ1n) is 6.50. The average molecular weight is 234 g/mol. The Balaban J connectivity index is 2.28. The van der Waals surface area contributed by atoms with Crippen LogP contribution in [0.1, 0.15) is 12.0 Å². The Morgan fingerprint density at radius 3 is 2.11 bits per heavy atom. The average Bonchev–Trinajstić information content (AvgIpc) is 2.48. The zero-order valence-corrected chi connectivity index (χ0v) is 10.1. The van der Waals surface area contributed by atoms with Crippen LogP contribution in [0.2, 0.25) is 0 Å². The van der Waals surface area contributed by atoms with E-state index in [-0.39, 0.29) is 0 Å². The van der Waals surface area contributed by atoms with Crippen molar-refractivity contribution in [1.82, 2.24) is 0 Å². The molecule has 1 heteroatoms. The molecule has 0 fully saturated rings. The van der Waals surface area contributed by atoms with Gasteiger partial charge in [0.2, 0.25) is 0 Å². The Labute approximate surface area is 106 Å². The summed E-state index contributed by atoms with van der Waals surface area (Å²) < 4.78 is 5.94. The number of fused-ring (bicyclic) bond motifs is 6. The highest BCUT2D eigenvalue weighted by Gasteiger charge is 2.17. The Kier molecular flexibility index (Phi) is 2.07. The minimum absolute atomic E-state index is 0.843. The molecule has 0 saturated carbocycles. The molecule has 0 aromatic heterocycles. The lowest BCUT2D eigenvalue weighted by Crippen LogP contribution is -2.09. The fourth-order valence-corrected chi connectivity index (χ4v) is 3.02. The van der Waals surface area contributed by atoms with Gasteiger partial charge in [0, 0.05) is 10.9 Å². The highest BCUT2D eigenvalue weighted by Crippen LogP contribution is 2.40. The molecule has 0 saturated heterocycles. The smallest absolute Gasteiger partial charge is 0.130 e. The molecule has 0 N–H and O–H groups in total. The predicted molar refractivity (Wildman–Crippen MR) is 75.3 cm³/mol. The second-order valence-electron chi connectivity index (χ2n) is 4.85. The second-order valence-corrected chi connectivity index (χ2v) is 4.85. The standard InChI is InChI=1S/C17H14O/c1-2-7-14-12(6-1)13-8-3-4-9-15(13)17-16(14)10-5-11-18-17/h1-4,6-9H,5,10-11H2. The number of aryl methyl sites for hydroxylation is 1. The van der Waals surface area contributed by atoms with E-state index in [0.717, 1.165) is 25.2 Å². The summed E-state index contributed by atoms with van der Waals surface area (Å²) in [6.07, 6.45) is 2.25. The zero-order valence-electron chi connectivity index (χ0n) is 10.1. The van der Waals surface area contributed by atoms with E-state index < -0.39 is 0 Å². The van der Waals surface area contributed by atoms with Crippen molar-refractivity contribution >= 4 is 21.5 Å². The fraction of sp³-hybridized carbons (Fsp3) is 0.176. The number of hydrogen-bond acceptors (Lipinski definition) is 1. The van der Waals surface area contributed by atoms with Gasteiger partial charge in [-0.3, -0.25) is 0 Å². The van der Waals surface area contributed by atoms with E-state index in [9.17, 15) is 0 Å². The van der Waals surface area contributed by atoms with Gasteiger partial charge in [0.1, 0.15) is 5.75 Å². The van der Waals surface area contributed by atoms with Crippen molar-refractivity contribution in [1.29, 1.82) is 0 Å². The summed E-state index contributed by atoms with van der Waals surface area (Å²) in [6.45, 7) is 0.843. The van der Waals surface area contributed by atoms with Gasteiger partial charge in [-0.2, -0.15) is 0 Å². The van der Waals surface area contributed by atoms with Crippen LogP contribution in [0.15, 0.2) is 48.5 Å². The largest absolute Gasteiger partial charge is 0.493 e. The van der Waals surface area contributed by atoms with Crippen LogP contribution in [0.3, 0.4) is 0 Å². The maximum atomic E-state index is 5.94. The highest BCUT2D eigenvalue weighted by molar-refractivity contribution is 6.12. The van der Waals surface area contributed by atoms with E-state index in [0.29, 0.717) is 0 Å². The minimum atomic E-state index is 0.843. The van der Waals surface area contributed by atoms with Gasteiger partial charge >= 0.3 is 0 Å². The topological polar surface area (TPSA) is 9.23 Å². The van der Waals surface area contributed by atoms with Gasteiger partial charge in [-0.05, 0) is 29.0 Å². The molecule has 1 heterocycles. The van der Waals surface area contributed by atoms with Gasteiger partial charge < -0.3 is 4.74 Å². The summed E-state index contributed by atoms with van der Waals surface area (Å²) in [6, 6.07) is 17.2. The molecule has 3 aromatic rings. The molecule has 0 spiro atoms. The number of hydrogen-bond donors (Lipinski definition) is 0. The molecule has 88 valence electrons. The van der Waals surface area contributed by atoms with Crippen LogP contribution in [-0.4, -0.2) is 6.61 Å². The van der Waals surface area contributed by atoms with E-state index in [2.05, 4.69) is 48.5 Å². The van der Waals surface area contributed by atoms with Crippen LogP contribution in [0, 0.1) is 0 Å². The predicted octanol–water partition coefficient (Wildman–Crippen LogP) is 4.32. The summed E-state index contributed by atoms with van der Waals surface area (Å²) in [5, 5.41) is 5.25. The van der Waals surface area contributed by atoms with Crippen molar-refractivity contribution in [2.75, 3.05) is 6.61 Å². The van der Waals surface area contributed by atoms with Crippen LogP contribution in [-0.2, 0) is 6.42 Å². The van der Waals surface area contributed by atoms with E-state index in [1.807, 2.05) is 0 Å². The highest BCUT2D eigenvalue weighted by atomic mass is 16.5. The molecule has 1 nitrogen and oxygen atoms in total. The minimum Gasteiger partial charge on any atom is -0.493 e. The van der Waals surface area contributed by atoms with E-state index in [1.54, 1.807) is 0 Å². The molecule has 4 rings (SSSR count). The Hall–Kier alpha value is -2.02. The lowest BCUT2D eigenvalue weighted by atomic mass is 9.92. The quantitative estimate of drug-likeness (QED) is 0.526. The third kappa shape index (κ3) is 1.28. The summed E-state index contributed by atoms with van der Waals surface area (Å²) in [7, 11) is 0. The number of ether oxygens (including phenoxy) is 1. The molecule has 0 amide bonds. The molecule has 3 aromatic carbocycles. The molecular formula is C17H14O. The van der Waals surface area contributed by atoms with Gasteiger partial charge in [0.15, 0.2) is 0 Å². The van der Waals surface area contributed by atoms with Gasteiger partial charge in [-0.25, -0.2) is 0 Å². The zero-order chi connectivity index (χ0) is 11.9. The van der Waals surface area contributed by atoms with Crippen molar-refractivity contribution in [2.45, 2.75) is 12.8 Å². The Morgan fingerprint density at radius 1 is 0.722 bits per heavy atom. The van der Waals surface area contributed by atoms with Crippen LogP contribution >= 0.6 is 0 Å². The van der Waals surface area contributed by atoms with Crippen LogP contribution in [0.25, 0.3) is 21.5 Å². The van der Waals surface area contributed by atoms with Gasteiger partial charge in [0.05, 0.1) is 6.61 Å². The van der Waals surface area contributed by atoms with Crippen molar-refractivity contribution in [3.8, 4) is 5.75 Å². The molecule has 0 bridgehead atoms. The Bertz CT molecular complexity index is 678. The van der Waals surface area contributed by atoms with E-state index in [1.165, 1.54) is 27.1 Å². The molecule has 0 aliphatic carbocycles. The number of benzene rings is 3. The monoisotopic (exact) mass is 234 g/mol. The Morgan fingerprint density at radius 2 is 1.33 bits per heavy atom. The molecule has 0 atom stereocenters. The van der Waals surface area contributed by atoms with Crippen molar-refractivity contribution in [3.05, 3.63) is 54.1 Å². The summed E-state index contributed by atoms with van der Waals surface area (Å²) in [5.41, 5.74) is 1.38. The molecule has 1 aliphatic heterocycles. The SMILES string of the molecule is c1ccc2c(c1)c1c(c3ccccc32)OCCC1. The first-order chi connectivity index (χ1) is 8.95. The van der Waals surface area contributed by atoms with Gasteiger partial charge in [-0.15, -0.1) is 0 Å². The van der Waals surface area contributed by atoms with Gasteiger partial charge in [-0.1, -0.05) is 48.5 Å². The van der Waals surface area contributed by atoms with Crippen LogP contribution in [0.5, 0.6) is 5.75 Å². The molecule has 18 heavy (non-hydrogen) atoms. The van der Waals surface area contributed by atoms with Crippen LogP contribution in [0.4, 0.5) is 0 Å². The molecule has 0 radical (unpaired) electrons. The normalized spacial score (nSPS) is 14.4. The maximum absolute atomic E-state index is 5.94. The summed E-state index contributed by atoms with van der Waals surface area (Å²) in [4.78, 5) is 0. The van der Waals surface area contributed by atoms with E-state index in [4.69, 9.17) is 4.74 Å². The van der Waals surface area contributed by atoms with Gasteiger partial charge in [0.25, 0.3) is 0 Å². The second kappa shape index (κ2) is 3.74. The third-order valence-corrected chi connectivity index (χ3v) is 3.81. The third-order valence-electron chi connectivity index (χ3n) is 3.81. The van der Waals surface area contributed by atoms with Crippen molar-refractivity contribution < 1.29 is 4.74 Å². The van der Waals surface area contributed by atoms with Crippen LogP contribution < -0.4 is 4.74 Å². The van der Waals surface area contributed by atoms with Crippen molar-refractivity contribution in [3.63, 3.8) is 0 Å². The lowest BCUT2D eigenvalue weighted by Gasteiger charge is -2.21. The molecular weight excluding hydrogens is 220 g/mol. The van der Waals surface area contributed by atoms with Crippen molar-refractivity contribution in [2.24, 2.45) is 0 Å². The van der Waals surface area contributed by atoms with E-state index >= 15 is 0 Å². The first-order valence-corrected chi connectivity index (χ1v) is 6.50. The lowest BCUT2D eigenvalue weighted by molar-refractivity contribution is 0.293. The fourth-order valence-electron chi connectivity index (χ4n) is 3.02. The molecule has 1 aliphatic rings. The summed E-state index contributed by atoms with van der Waals surface area (Å²) >= 11 is 0. The summed E-state index contributed by atoms with van der Waals surface area (Å²) in [5.74, 6) is 1.11. The maximum Gasteiger partial charge on any atom is 0.130 e. The number of rotatable bonds is 0. The first kappa shape index (κ1) is 9.95.